The lowest BCUT2D eigenvalue weighted by atomic mass is 9.98. The Balaban J connectivity index is 1.86. The number of rotatable bonds is 5. The molecule has 27 heavy (non-hydrogen) atoms. The Morgan fingerprint density at radius 1 is 1.22 bits per heavy atom. The van der Waals surface area contributed by atoms with Crippen molar-refractivity contribution >= 4 is 39.3 Å². The van der Waals surface area contributed by atoms with Crippen LogP contribution in [0.2, 0.25) is 10.0 Å². The molecule has 6 nitrogen and oxygen atoms in total. The fourth-order valence-electron chi connectivity index (χ4n) is 2.88. The van der Waals surface area contributed by atoms with Crippen LogP contribution in [0.4, 0.5) is 4.79 Å². The molecule has 0 aromatic heterocycles. The second-order valence-corrected chi connectivity index (χ2v) is 10.5. The molecule has 1 fully saturated rings. The van der Waals surface area contributed by atoms with Gasteiger partial charge in [-0.2, -0.15) is 0 Å². The van der Waals surface area contributed by atoms with Gasteiger partial charge in [0, 0.05) is 35.2 Å². The number of hydrogen-bond acceptors (Lipinski definition) is 4. The number of nitrogens with zero attached hydrogens (tertiary/aromatic N) is 1. The lowest BCUT2D eigenvalue weighted by Gasteiger charge is -2.31. The largest absolute Gasteiger partial charge is 0.444 e. The van der Waals surface area contributed by atoms with Crippen LogP contribution in [0.3, 0.4) is 0 Å². The summed E-state index contributed by atoms with van der Waals surface area (Å²) in [5.41, 5.74) is -0.115. The number of halogens is 2. The molecule has 1 N–H and O–H groups in total. The molecule has 1 saturated heterocycles. The van der Waals surface area contributed by atoms with E-state index in [1.54, 1.807) is 39.0 Å². The number of benzene rings is 1. The van der Waals surface area contributed by atoms with Crippen LogP contribution in [0.15, 0.2) is 18.2 Å². The summed E-state index contributed by atoms with van der Waals surface area (Å²) in [4.78, 5) is 11.7. The number of carbonyl (C=O) groups is 1. The molecule has 1 aliphatic rings. The second-order valence-electron chi connectivity index (χ2n) is 7.68. The van der Waals surface area contributed by atoms with Gasteiger partial charge in [0.2, 0.25) is 10.0 Å². The Kier molecular flexibility index (Phi) is 7.41. The fraction of sp³-hybridized carbons (Fsp3) is 0.611. The summed E-state index contributed by atoms with van der Waals surface area (Å²) in [6.45, 7) is 6.71. The highest BCUT2D eigenvalue weighted by Crippen LogP contribution is 2.28. The maximum atomic E-state index is 12.7. The molecule has 1 amide bonds. The Hall–Kier alpha value is -1.02. The van der Waals surface area contributed by atoms with Crippen LogP contribution in [0.25, 0.3) is 0 Å². The number of piperidine rings is 1. The predicted octanol–water partition coefficient (Wildman–Crippen LogP) is 4.06. The zero-order valence-corrected chi connectivity index (χ0v) is 18.1. The van der Waals surface area contributed by atoms with Crippen LogP contribution in [0.5, 0.6) is 0 Å². The first-order valence-corrected chi connectivity index (χ1v) is 11.2. The average Bonchev–Trinajstić information content (AvgIpc) is 2.55. The van der Waals surface area contributed by atoms with Gasteiger partial charge >= 0.3 is 6.09 Å². The van der Waals surface area contributed by atoms with Crippen LogP contribution >= 0.6 is 23.2 Å². The number of alkyl carbamates (subject to hydrolysis) is 1. The standard InChI is InChI=1S/C18H26Cl2N2O4S/c1-18(2,3)26-17(23)21-11-13-7-9-22(10-8-13)27(24,25)12-14-15(19)5-4-6-16(14)20/h4-6,13H,7-12H2,1-3H3,(H,21,23). The van der Waals surface area contributed by atoms with Crippen LogP contribution < -0.4 is 5.32 Å². The first-order valence-electron chi connectivity index (χ1n) is 8.85. The molecule has 0 atom stereocenters. The highest BCUT2D eigenvalue weighted by Gasteiger charge is 2.29. The van der Waals surface area contributed by atoms with Crippen LogP contribution in [-0.2, 0) is 20.5 Å². The molecule has 152 valence electrons. The van der Waals surface area contributed by atoms with Gasteiger partial charge in [-0.05, 0) is 51.7 Å². The third-order valence-electron chi connectivity index (χ3n) is 4.29. The molecule has 0 unspecified atom stereocenters. The minimum absolute atomic E-state index is 0.216. The third-order valence-corrected chi connectivity index (χ3v) is 6.80. The van der Waals surface area contributed by atoms with E-state index in [4.69, 9.17) is 27.9 Å². The van der Waals surface area contributed by atoms with E-state index in [2.05, 4.69) is 5.32 Å². The number of ether oxygens (including phenoxy) is 1. The van der Waals surface area contributed by atoms with E-state index in [1.165, 1.54) is 4.31 Å². The van der Waals surface area contributed by atoms with Crippen molar-refractivity contribution in [3.05, 3.63) is 33.8 Å². The van der Waals surface area contributed by atoms with E-state index < -0.39 is 21.7 Å². The fourth-order valence-corrected chi connectivity index (χ4v) is 5.19. The quantitative estimate of drug-likeness (QED) is 0.754. The number of carbonyl (C=O) groups excluding carboxylic acids is 1. The van der Waals surface area contributed by atoms with Gasteiger partial charge in [-0.3, -0.25) is 0 Å². The molecule has 0 bridgehead atoms. The summed E-state index contributed by atoms with van der Waals surface area (Å²) < 4.78 is 32.1. The number of amides is 1. The van der Waals surface area contributed by atoms with Crippen molar-refractivity contribution in [2.75, 3.05) is 19.6 Å². The Bertz CT molecular complexity index is 750. The van der Waals surface area contributed by atoms with Crippen LogP contribution in [-0.4, -0.2) is 44.1 Å². The Labute approximate surface area is 171 Å². The zero-order valence-electron chi connectivity index (χ0n) is 15.8. The minimum atomic E-state index is -3.51. The van der Waals surface area contributed by atoms with E-state index >= 15 is 0 Å². The topological polar surface area (TPSA) is 75.7 Å². The molecule has 2 rings (SSSR count). The highest BCUT2D eigenvalue weighted by atomic mass is 35.5. The summed E-state index contributed by atoms with van der Waals surface area (Å²) in [5.74, 6) is -0.000321. The van der Waals surface area contributed by atoms with Crippen molar-refractivity contribution in [1.82, 2.24) is 9.62 Å². The lowest BCUT2D eigenvalue weighted by molar-refractivity contribution is 0.0513. The normalized spacial score (nSPS) is 16.9. The van der Waals surface area contributed by atoms with E-state index in [-0.39, 0.29) is 11.7 Å². The van der Waals surface area contributed by atoms with Gasteiger partial charge in [0.25, 0.3) is 0 Å². The van der Waals surface area contributed by atoms with E-state index in [0.717, 1.165) is 0 Å². The molecule has 1 aromatic rings. The first-order chi connectivity index (χ1) is 12.5. The second kappa shape index (κ2) is 8.99. The average molecular weight is 437 g/mol. The maximum Gasteiger partial charge on any atom is 0.407 e. The van der Waals surface area contributed by atoms with E-state index in [0.29, 0.717) is 48.1 Å². The first kappa shape index (κ1) is 22.3. The van der Waals surface area contributed by atoms with Gasteiger partial charge in [-0.15, -0.1) is 0 Å². The molecule has 1 aromatic carbocycles. The summed E-state index contributed by atoms with van der Waals surface area (Å²) in [6, 6.07) is 4.95. The van der Waals surface area contributed by atoms with Gasteiger partial charge in [0.15, 0.2) is 0 Å². The maximum absolute atomic E-state index is 12.7. The predicted molar refractivity (Wildman–Crippen MR) is 108 cm³/mol. The van der Waals surface area contributed by atoms with Crippen LogP contribution in [0, 0.1) is 5.92 Å². The van der Waals surface area contributed by atoms with Crippen molar-refractivity contribution in [1.29, 1.82) is 0 Å². The zero-order chi connectivity index (χ0) is 20.2. The summed E-state index contributed by atoms with van der Waals surface area (Å²) in [5, 5.41) is 3.45. The highest BCUT2D eigenvalue weighted by molar-refractivity contribution is 7.88. The SMILES string of the molecule is CC(C)(C)OC(=O)NCC1CCN(S(=O)(=O)Cc2c(Cl)cccc2Cl)CC1. The molecule has 1 aliphatic heterocycles. The van der Waals surface area contributed by atoms with Gasteiger partial charge in [-0.1, -0.05) is 29.3 Å². The lowest BCUT2D eigenvalue weighted by Crippen LogP contribution is -2.42. The van der Waals surface area contributed by atoms with Gasteiger partial charge in [-0.25, -0.2) is 17.5 Å². The van der Waals surface area contributed by atoms with Crippen molar-refractivity contribution in [2.24, 2.45) is 5.92 Å². The molecular weight excluding hydrogens is 411 g/mol. The van der Waals surface area contributed by atoms with Gasteiger partial charge in [0.05, 0.1) is 5.75 Å². The van der Waals surface area contributed by atoms with Crippen molar-refractivity contribution in [3.8, 4) is 0 Å². The number of nitrogens with one attached hydrogen (secondary N) is 1. The number of hydrogen-bond donors (Lipinski definition) is 1. The van der Waals surface area contributed by atoms with Crippen molar-refractivity contribution in [3.63, 3.8) is 0 Å². The summed E-state index contributed by atoms with van der Waals surface area (Å²) in [6.07, 6.45) is 0.891. The summed E-state index contributed by atoms with van der Waals surface area (Å²) in [7, 11) is -3.51. The minimum Gasteiger partial charge on any atom is -0.444 e. The molecule has 9 heteroatoms. The van der Waals surface area contributed by atoms with Crippen molar-refractivity contribution in [2.45, 2.75) is 45.0 Å². The van der Waals surface area contributed by atoms with Crippen LogP contribution in [0.1, 0.15) is 39.2 Å². The monoisotopic (exact) mass is 436 g/mol. The molecule has 0 saturated carbocycles. The van der Waals surface area contributed by atoms with Gasteiger partial charge < -0.3 is 10.1 Å². The third kappa shape index (κ3) is 6.82. The van der Waals surface area contributed by atoms with E-state index in [9.17, 15) is 13.2 Å². The molecule has 0 spiro atoms. The van der Waals surface area contributed by atoms with Crippen molar-refractivity contribution < 1.29 is 17.9 Å². The molecular formula is C18H26Cl2N2O4S. The van der Waals surface area contributed by atoms with Gasteiger partial charge in [0.1, 0.15) is 5.60 Å². The number of sulfonamides is 1. The molecule has 0 aliphatic carbocycles. The molecule has 0 radical (unpaired) electrons. The van der Waals surface area contributed by atoms with E-state index in [1.807, 2.05) is 0 Å². The Morgan fingerprint density at radius 3 is 2.30 bits per heavy atom. The Morgan fingerprint density at radius 2 is 1.78 bits per heavy atom. The molecule has 1 heterocycles. The summed E-state index contributed by atoms with van der Waals surface area (Å²) >= 11 is 12.2. The smallest absolute Gasteiger partial charge is 0.407 e.